The van der Waals surface area contributed by atoms with Crippen LogP contribution in [0.25, 0.3) is 0 Å². The van der Waals surface area contributed by atoms with Gasteiger partial charge in [0, 0.05) is 5.69 Å². The van der Waals surface area contributed by atoms with Gasteiger partial charge in [-0.1, -0.05) is 23.8 Å². The van der Waals surface area contributed by atoms with Crippen LogP contribution in [0.1, 0.15) is 22.8 Å². The van der Waals surface area contributed by atoms with Crippen LogP contribution < -0.4 is 15.4 Å². The maximum absolute atomic E-state index is 11.6. The Morgan fingerprint density at radius 2 is 1.92 bits per heavy atom. The molecule has 0 bridgehead atoms. The zero-order valence-corrected chi connectivity index (χ0v) is 15.4. The Morgan fingerprint density at radius 1 is 1.20 bits per heavy atom. The van der Waals surface area contributed by atoms with Crippen molar-refractivity contribution in [1.29, 1.82) is 0 Å². The minimum absolute atomic E-state index is 0.0186. The third kappa shape index (κ3) is 6.08. The molecular formula is C19H22N2O3S. The van der Waals surface area contributed by atoms with Crippen LogP contribution in [0.4, 0.5) is 5.69 Å². The smallest absolute Gasteiger partial charge is 0.337 e. The summed E-state index contributed by atoms with van der Waals surface area (Å²) in [7, 11) is 1.35. The molecular weight excluding hydrogens is 336 g/mol. The molecule has 0 radical (unpaired) electrons. The SMILES string of the molecule is COC(=O)c1cccc(NC(=S)N[C@H](C)COc2ccc(C)cc2)c1. The van der Waals surface area contributed by atoms with Crippen LogP contribution in [0.3, 0.4) is 0 Å². The van der Waals surface area contributed by atoms with Crippen molar-refractivity contribution in [2.75, 3.05) is 19.0 Å². The Bertz CT molecular complexity index is 732. The van der Waals surface area contributed by atoms with Crippen molar-refractivity contribution >= 4 is 29.0 Å². The van der Waals surface area contributed by atoms with Gasteiger partial charge in [0.05, 0.1) is 18.7 Å². The van der Waals surface area contributed by atoms with Crippen LogP contribution in [-0.4, -0.2) is 30.8 Å². The maximum Gasteiger partial charge on any atom is 0.337 e. The van der Waals surface area contributed by atoms with Gasteiger partial charge in [0.2, 0.25) is 0 Å². The van der Waals surface area contributed by atoms with E-state index in [1.165, 1.54) is 12.7 Å². The molecule has 25 heavy (non-hydrogen) atoms. The highest BCUT2D eigenvalue weighted by molar-refractivity contribution is 7.80. The fourth-order valence-corrected chi connectivity index (χ4v) is 2.45. The van der Waals surface area contributed by atoms with Gasteiger partial charge in [-0.05, 0) is 56.4 Å². The summed E-state index contributed by atoms with van der Waals surface area (Å²) < 4.78 is 10.4. The molecule has 5 nitrogen and oxygen atoms in total. The van der Waals surface area contributed by atoms with Gasteiger partial charge in [0.1, 0.15) is 12.4 Å². The summed E-state index contributed by atoms with van der Waals surface area (Å²) in [4.78, 5) is 11.6. The average Bonchev–Trinajstić information content (AvgIpc) is 2.60. The average molecular weight is 358 g/mol. The molecule has 2 aromatic rings. The fourth-order valence-electron chi connectivity index (χ4n) is 2.13. The molecule has 0 aliphatic carbocycles. The molecule has 0 heterocycles. The number of hydrogen-bond donors (Lipinski definition) is 2. The Balaban J connectivity index is 1.83. The summed E-state index contributed by atoms with van der Waals surface area (Å²) in [5, 5.41) is 6.67. The molecule has 0 saturated heterocycles. The van der Waals surface area contributed by atoms with E-state index in [0.717, 1.165) is 5.75 Å². The summed E-state index contributed by atoms with van der Waals surface area (Å²) in [6.45, 7) is 4.49. The van der Waals surface area contributed by atoms with E-state index in [0.29, 0.717) is 23.0 Å². The molecule has 0 spiro atoms. The molecule has 2 rings (SSSR count). The van der Waals surface area contributed by atoms with Gasteiger partial charge >= 0.3 is 5.97 Å². The second-order valence-corrected chi connectivity index (χ2v) is 6.10. The third-order valence-electron chi connectivity index (χ3n) is 3.44. The van der Waals surface area contributed by atoms with E-state index < -0.39 is 0 Å². The van der Waals surface area contributed by atoms with Gasteiger partial charge in [-0.2, -0.15) is 0 Å². The van der Waals surface area contributed by atoms with Gasteiger partial charge in [0.25, 0.3) is 0 Å². The lowest BCUT2D eigenvalue weighted by molar-refractivity contribution is 0.0601. The summed E-state index contributed by atoms with van der Waals surface area (Å²) >= 11 is 5.30. The van der Waals surface area contributed by atoms with Crippen molar-refractivity contribution in [1.82, 2.24) is 5.32 Å². The van der Waals surface area contributed by atoms with Crippen LogP contribution in [0.15, 0.2) is 48.5 Å². The van der Waals surface area contributed by atoms with E-state index in [1.807, 2.05) is 44.2 Å². The number of carbonyl (C=O) groups excluding carboxylic acids is 1. The number of methoxy groups -OCH3 is 1. The van der Waals surface area contributed by atoms with E-state index in [9.17, 15) is 4.79 Å². The Kier molecular flexibility index (Phi) is 6.77. The second kappa shape index (κ2) is 9.03. The van der Waals surface area contributed by atoms with Gasteiger partial charge in [-0.25, -0.2) is 4.79 Å². The Morgan fingerprint density at radius 3 is 2.60 bits per heavy atom. The number of thiocarbonyl (C=S) groups is 1. The number of aryl methyl sites for hydroxylation is 1. The van der Waals surface area contributed by atoms with Crippen LogP contribution in [-0.2, 0) is 4.74 Å². The summed E-state index contributed by atoms with van der Waals surface area (Å²) in [6, 6.07) is 14.9. The molecule has 0 saturated carbocycles. The molecule has 0 aromatic heterocycles. The van der Waals surface area contributed by atoms with Crippen LogP contribution in [0, 0.1) is 6.92 Å². The van der Waals surface area contributed by atoms with E-state index >= 15 is 0 Å². The molecule has 0 aliphatic heterocycles. The molecule has 0 unspecified atom stereocenters. The third-order valence-corrected chi connectivity index (χ3v) is 3.66. The van der Waals surface area contributed by atoms with Gasteiger partial charge < -0.3 is 20.1 Å². The molecule has 132 valence electrons. The quantitative estimate of drug-likeness (QED) is 0.608. The largest absolute Gasteiger partial charge is 0.491 e. The number of carbonyl (C=O) groups is 1. The van der Waals surface area contributed by atoms with Crippen molar-refractivity contribution in [2.24, 2.45) is 0 Å². The predicted molar refractivity (Wildman–Crippen MR) is 103 cm³/mol. The number of hydrogen-bond acceptors (Lipinski definition) is 4. The summed E-state index contributed by atoms with van der Waals surface area (Å²) in [5.41, 5.74) is 2.37. The predicted octanol–water partition coefficient (Wildman–Crippen LogP) is 3.54. The minimum atomic E-state index is -0.387. The molecule has 6 heteroatoms. The number of ether oxygens (including phenoxy) is 2. The summed E-state index contributed by atoms with van der Waals surface area (Å²) in [5.74, 6) is 0.436. The minimum Gasteiger partial charge on any atom is -0.491 e. The van der Waals surface area contributed by atoms with Gasteiger partial charge in [-0.15, -0.1) is 0 Å². The van der Waals surface area contributed by atoms with Crippen LogP contribution >= 0.6 is 12.2 Å². The van der Waals surface area contributed by atoms with Crippen molar-refractivity contribution in [3.05, 3.63) is 59.7 Å². The Hall–Kier alpha value is -2.60. The van der Waals surface area contributed by atoms with Crippen LogP contribution in [0.5, 0.6) is 5.75 Å². The molecule has 0 amide bonds. The topological polar surface area (TPSA) is 59.6 Å². The molecule has 2 N–H and O–H groups in total. The van der Waals surface area contributed by atoms with E-state index in [-0.39, 0.29) is 12.0 Å². The van der Waals surface area contributed by atoms with E-state index in [4.69, 9.17) is 21.7 Å². The van der Waals surface area contributed by atoms with Gasteiger partial charge in [-0.3, -0.25) is 0 Å². The van der Waals surface area contributed by atoms with Crippen LogP contribution in [0.2, 0.25) is 0 Å². The lowest BCUT2D eigenvalue weighted by Gasteiger charge is -2.18. The fraction of sp³-hybridized carbons (Fsp3) is 0.263. The number of benzene rings is 2. The molecule has 0 aliphatic rings. The molecule has 2 aromatic carbocycles. The van der Waals surface area contributed by atoms with Crippen molar-refractivity contribution in [3.8, 4) is 5.75 Å². The second-order valence-electron chi connectivity index (χ2n) is 5.70. The first-order valence-electron chi connectivity index (χ1n) is 7.93. The lowest BCUT2D eigenvalue weighted by Crippen LogP contribution is -2.39. The highest BCUT2D eigenvalue weighted by Crippen LogP contribution is 2.13. The molecule has 1 atom stereocenters. The zero-order valence-electron chi connectivity index (χ0n) is 14.5. The normalized spacial score (nSPS) is 11.3. The van der Waals surface area contributed by atoms with Crippen molar-refractivity contribution in [3.63, 3.8) is 0 Å². The van der Waals surface area contributed by atoms with E-state index in [1.54, 1.807) is 18.2 Å². The monoisotopic (exact) mass is 358 g/mol. The van der Waals surface area contributed by atoms with Crippen molar-refractivity contribution < 1.29 is 14.3 Å². The number of anilines is 1. The number of nitrogens with one attached hydrogen (secondary N) is 2. The first-order chi connectivity index (χ1) is 12.0. The Labute approximate surface area is 153 Å². The highest BCUT2D eigenvalue weighted by Gasteiger charge is 2.08. The number of esters is 1. The number of rotatable bonds is 6. The zero-order chi connectivity index (χ0) is 18.2. The first-order valence-corrected chi connectivity index (χ1v) is 8.34. The van der Waals surface area contributed by atoms with Gasteiger partial charge in [0.15, 0.2) is 5.11 Å². The first kappa shape index (κ1) is 18.7. The van der Waals surface area contributed by atoms with Crippen molar-refractivity contribution in [2.45, 2.75) is 19.9 Å². The highest BCUT2D eigenvalue weighted by atomic mass is 32.1. The standard InChI is InChI=1S/C19H22N2O3S/c1-13-7-9-17(10-8-13)24-12-14(2)20-19(25)21-16-6-4-5-15(11-16)18(22)23-3/h4-11,14H,12H2,1-3H3,(H2,20,21,25)/t14-/m1/s1. The molecule has 0 fully saturated rings. The maximum atomic E-state index is 11.6. The lowest BCUT2D eigenvalue weighted by atomic mass is 10.2. The summed E-state index contributed by atoms with van der Waals surface area (Å²) in [6.07, 6.45) is 0. The van der Waals surface area contributed by atoms with E-state index in [2.05, 4.69) is 10.6 Å².